The van der Waals surface area contributed by atoms with Crippen LogP contribution >= 0.6 is 0 Å². The molecule has 1 atom stereocenters. The Labute approximate surface area is 74.0 Å². The van der Waals surface area contributed by atoms with Gasteiger partial charge in [0, 0.05) is 6.61 Å². The van der Waals surface area contributed by atoms with E-state index in [1.54, 1.807) is 12.2 Å². The Balaban J connectivity index is 3.18. The molecular formula is C9H18O3. The Hall–Kier alpha value is -0.380. The fourth-order valence-electron chi connectivity index (χ4n) is 0.694. The van der Waals surface area contributed by atoms with E-state index in [4.69, 9.17) is 14.6 Å². The molecule has 0 bridgehead atoms. The minimum atomic E-state index is 0.0726. The van der Waals surface area contributed by atoms with Crippen molar-refractivity contribution in [3.05, 3.63) is 12.2 Å². The van der Waals surface area contributed by atoms with Gasteiger partial charge >= 0.3 is 0 Å². The zero-order valence-electron chi connectivity index (χ0n) is 7.82. The maximum absolute atomic E-state index is 8.41. The van der Waals surface area contributed by atoms with Crippen LogP contribution in [-0.2, 0) is 9.47 Å². The summed E-state index contributed by atoms with van der Waals surface area (Å²) in [4.78, 5) is 0. The lowest BCUT2D eigenvalue weighted by Crippen LogP contribution is -2.15. The summed E-state index contributed by atoms with van der Waals surface area (Å²) in [7, 11) is 0. The zero-order chi connectivity index (χ0) is 9.23. The Kier molecular flexibility index (Phi) is 8.44. The average molecular weight is 174 g/mol. The van der Waals surface area contributed by atoms with Gasteiger partial charge in [-0.2, -0.15) is 0 Å². The first-order valence-corrected chi connectivity index (χ1v) is 4.26. The summed E-state index contributed by atoms with van der Waals surface area (Å²) in [6.45, 7) is 5.88. The fraction of sp³-hybridized carbons (Fsp3) is 0.778. The third kappa shape index (κ3) is 7.72. The van der Waals surface area contributed by atoms with Crippen LogP contribution in [0.15, 0.2) is 12.2 Å². The van der Waals surface area contributed by atoms with Gasteiger partial charge in [-0.15, -0.1) is 0 Å². The van der Waals surface area contributed by atoms with Crippen LogP contribution in [0.2, 0.25) is 0 Å². The van der Waals surface area contributed by atoms with Gasteiger partial charge in [-0.1, -0.05) is 12.2 Å². The molecule has 0 aliphatic rings. The second-order valence-electron chi connectivity index (χ2n) is 2.46. The van der Waals surface area contributed by atoms with Crippen molar-refractivity contribution in [2.75, 3.05) is 26.4 Å². The highest BCUT2D eigenvalue weighted by atomic mass is 16.5. The van der Waals surface area contributed by atoms with Crippen LogP contribution in [-0.4, -0.2) is 37.6 Å². The number of aliphatic hydroxyl groups is 1. The molecule has 0 amide bonds. The number of rotatable bonds is 7. The molecular weight excluding hydrogens is 156 g/mol. The van der Waals surface area contributed by atoms with Crippen molar-refractivity contribution in [1.29, 1.82) is 0 Å². The number of hydrogen-bond acceptors (Lipinski definition) is 3. The highest BCUT2D eigenvalue weighted by Gasteiger charge is 1.98. The van der Waals surface area contributed by atoms with Gasteiger partial charge in [-0.3, -0.25) is 0 Å². The maximum Gasteiger partial charge on any atom is 0.0784 e. The molecule has 0 fully saturated rings. The summed E-state index contributed by atoms with van der Waals surface area (Å²) < 4.78 is 10.5. The summed E-state index contributed by atoms with van der Waals surface area (Å²) in [6, 6.07) is 0. The summed E-state index contributed by atoms with van der Waals surface area (Å²) in [5, 5.41) is 8.41. The van der Waals surface area contributed by atoms with Crippen molar-refractivity contribution in [2.24, 2.45) is 0 Å². The van der Waals surface area contributed by atoms with Crippen molar-refractivity contribution >= 4 is 0 Å². The number of aliphatic hydroxyl groups excluding tert-OH is 1. The van der Waals surface area contributed by atoms with Crippen molar-refractivity contribution in [3.63, 3.8) is 0 Å². The van der Waals surface area contributed by atoms with E-state index in [0.29, 0.717) is 13.2 Å². The molecule has 0 aliphatic heterocycles. The van der Waals surface area contributed by atoms with E-state index in [1.807, 2.05) is 13.8 Å². The molecule has 0 saturated heterocycles. The van der Waals surface area contributed by atoms with E-state index in [9.17, 15) is 0 Å². The largest absolute Gasteiger partial charge is 0.392 e. The molecule has 0 aliphatic carbocycles. The standard InChI is InChI=1S/C9H18O3/c1-3-11-8-9(2)12-7-5-4-6-10/h4-5,9-10H,3,6-8H2,1-2H3/b5-4+/t9-/m1/s1. The Morgan fingerprint density at radius 3 is 2.75 bits per heavy atom. The third-order valence-electron chi connectivity index (χ3n) is 1.31. The first kappa shape index (κ1) is 11.6. The molecule has 0 aromatic rings. The molecule has 0 aromatic carbocycles. The van der Waals surface area contributed by atoms with Crippen molar-refractivity contribution in [3.8, 4) is 0 Å². The molecule has 12 heavy (non-hydrogen) atoms. The van der Waals surface area contributed by atoms with E-state index < -0.39 is 0 Å². The zero-order valence-corrected chi connectivity index (χ0v) is 7.82. The predicted octanol–water partition coefficient (Wildman–Crippen LogP) is 0.976. The first-order chi connectivity index (χ1) is 5.81. The Bertz CT molecular complexity index is 112. The van der Waals surface area contributed by atoms with Gasteiger partial charge in [-0.25, -0.2) is 0 Å². The van der Waals surface area contributed by atoms with Gasteiger partial charge in [0.05, 0.1) is 25.9 Å². The van der Waals surface area contributed by atoms with Gasteiger partial charge in [-0.05, 0) is 13.8 Å². The molecule has 72 valence electrons. The van der Waals surface area contributed by atoms with Crippen molar-refractivity contribution in [2.45, 2.75) is 20.0 Å². The maximum atomic E-state index is 8.41. The van der Waals surface area contributed by atoms with E-state index in [-0.39, 0.29) is 12.7 Å². The molecule has 0 radical (unpaired) electrons. The van der Waals surface area contributed by atoms with Gasteiger partial charge in [0.2, 0.25) is 0 Å². The molecule has 3 nitrogen and oxygen atoms in total. The monoisotopic (exact) mass is 174 g/mol. The van der Waals surface area contributed by atoms with Crippen LogP contribution in [0.5, 0.6) is 0 Å². The van der Waals surface area contributed by atoms with Crippen LogP contribution in [0.25, 0.3) is 0 Å². The fourth-order valence-corrected chi connectivity index (χ4v) is 0.694. The number of ether oxygens (including phenoxy) is 2. The van der Waals surface area contributed by atoms with E-state index in [2.05, 4.69) is 0 Å². The van der Waals surface area contributed by atoms with E-state index in [0.717, 1.165) is 6.61 Å². The molecule has 1 N–H and O–H groups in total. The Morgan fingerprint density at radius 2 is 2.17 bits per heavy atom. The lowest BCUT2D eigenvalue weighted by molar-refractivity contribution is 0.00828. The minimum absolute atomic E-state index is 0.0726. The summed E-state index contributed by atoms with van der Waals surface area (Å²) in [5.74, 6) is 0. The molecule has 0 saturated carbocycles. The summed E-state index contributed by atoms with van der Waals surface area (Å²) in [6.07, 6.45) is 3.57. The van der Waals surface area contributed by atoms with E-state index in [1.165, 1.54) is 0 Å². The second-order valence-corrected chi connectivity index (χ2v) is 2.46. The normalized spacial score (nSPS) is 13.9. The minimum Gasteiger partial charge on any atom is -0.392 e. The predicted molar refractivity (Wildman–Crippen MR) is 48.1 cm³/mol. The molecule has 3 heteroatoms. The van der Waals surface area contributed by atoms with Gasteiger partial charge in [0.25, 0.3) is 0 Å². The molecule has 0 unspecified atom stereocenters. The second kappa shape index (κ2) is 8.71. The highest BCUT2D eigenvalue weighted by molar-refractivity contribution is 4.80. The number of hydrogen-bond donors (Lipinski definition) is 1. The van der Waals surface area contributed by atoms with Crippen LogP contribution in [0.3, 0.4) is 0 Å². The van der Waals surface area contributed by atoms with E-state index >= 15 is 0 Å². The van der Waals surface area contributed by atoms with Crippen molar-refractivity contribution in [1.82, 2.24) is 0 Å². The smallest absolute Gasteiger partial charge is 0.0784 e. The summed E-state index contributed by atoms with van der Waals surface area (Å²) in [5.41, 5.74) is 0. The van der Waals surface area contributed by atoms with Gasteiger partial charge in [0.1, 0.15) is 0 Å². The highest BCUT2D eigenvalue weighted by Crippen LogP contribution is 1.91. The molecule has 0 aromatic heterocycles. The molecule has 0 rings (SSSR count). The van der Waals surface area contributed by atoms with Crippen LogP contribution in [0.4, 0.5) is 0 Å². The molecule has 0 heterocycles. The van der Waals surface area contributed by atoms with Gasteiger partial charge in [0.15, 0.2) is 0 Å². The topological polar surface area (TPSA) is 38.7 Å². The SMILES string of the molecule is CCOC[C@@H](C)OC/C=C/CO. The lowest BCUT2D eigenvalue weighted by atomic mass is 10.4. The summed E-state index contributed by atoms with van der Waals surface area (Å²) >= 11 is 0. The molecule has 0 spiro atoms. The van der Waals surface area contributed by atoms with Crippen LogP contribution in [0, 0.1) is 0 Å². The lowest BCUT2D eigenvalue weighted by Gasteiger charge is -2.10. The van der Waals surface area contributed by atoms with Crippen LogP contribution < -0.4 is 0 Å². The van der Waals surface area contributed by atoms with Crippen LogP contribution in [0.1, 0.15) is 13.8 Å². The first-order valence-electron chi connectivity index (χ1n) is 4.26. The van der Waals surface area contributed by atoms with Crippen molar-refractivity contribution < 1.29 is 14.6 Å². The average Bonchev–Trinajstić information content (AvgIpc) is 2.09. The third-order valence-corrected chi connectivity index (χ3v) is 1.31. The quantitative estimate of drug-likeness (QED) is 0.585. The van der Waals surface area contributed by atoms with Gasteiger partial charge < -0.3 is 14.6 Å². The Morgan fingerprint density at radius 1 is 1.42 bits per heavy atom.